The summed E-state index contributed by atoms with van der Waals surface area (Å²) in [7, 11) is 0. The van der Waals surface area contributed by atoms with Crippen molar-refractivity contribution >= 4 is 0 Å². The van der Waals surface area contributed by atoms with Gasteiger partial charge in [0.05, 0.1) is 0 Å². The predicted molar refractivity (Wildman–Crippen MR) is 50.3 cm³/mol. The molecule has 0 bridgehead atoms. The van der Waals surface area contributed by atoms with E-state index >= 15 is 0 Å². The lowest BCUT2D eigenvalue weighted by molar-refractivity contribution is 0.796. The first-order chi connectivity index (χ1) is 5.95. The standard InChI is InChI=1S/C12H12/c1-3-9-4-2-6-11-8-7-10(5-1)12(9)11/h1-3,5-6,11H,4,7-8H2. The van der Waals surface area contributed by atoms with Crippen molar-refractivity contribution in [1.29, 1.82) is 0 Å². The summed E-state index contributed by atoms with van der Waals surface area (Å²) in [5.74, 6) is 0.755. The van der Waals surface area contributed by atoms with Crippen molar-refractivity contribution in [3.8, 4) is 0 Å². The maximum Gasteiger partial charge on any atom is 0.00268 e. The number of rotatable bonds is 0. The van der Waals surface area contributed by atoms with Crippen LogP contribution in [0.3, 0.4) is 0 Å². The minimum atomic E-state index is 0.755. The smallest absolute Gasteiger partial charge is 0.00268 e. The fourth-order valence-corrected chi connectivity index (χ4v) is 2.55. The van der Waals surface area contributed by atoms with Gasteiger partial charge >= 0.3 is 0 Å². The first-order valence-corrected chi connectivity index (χ1v) is 4.72. The summed E-state index contributed by atoms with van der Waals surface area (Å²) in [5.41, 5.74) is 4.82. The van der Waals surface area contributed by atoms with Crippen molar-refractivity contribution in [3.05, 3.63) is 47.0 Å². The molecule has 0 amide bonds. The van der Waals surface area contributed by atoms with Gasteiger partial charge in [-0.1, -0.05) is 30.4 Å². The van der Waals surface area contributed by atoms with Gasteiger partial charge in [-0.15, -0.1) is 0 Å². The monoisotopic (exact) mass is 156 g/mol. The van der Waals surface area contributed by atoms with Crippen molar-refractivity contribution < 1.29 is 0 Å². The Morgan fingerprint density at radius 2 is 2.08 bits per heavy atom. The molecular formula is C12H12. The first kappa shape index (κ1) is 6.47. The van der Waals surface area contributed by atoms with Gasteiger partial charge in [0, 0.05) is 5.92 Å². The molecule has 0 aromatic heterocycles. The van der Waals surface area contributed by atoms with E-state index in [4.69, 9.17) is 0 Å². The summed E-state index contributed by atoms with van der Waals surface area (Å²) in [6, 6.07) is 6.77. The van der Waals surface area contributed by atoms with Crippen LogP contribution < -0.4 is 0 Å². The minimum absolute atomic E-state index is 0.755. The molecule has 3 rings (SSSR count). The van der Waals surface area contributed by atoms with Crippen molar-refractivity contribution in [3.63, 3.8) is 0 Å². The normalized spacial score (nSPS) is 24.2. The van der Waals surface area contributed by atoms with Crippen LogP contribution in [-0.4, -0.2) is 0 Å². The van der Waals surface area contributed by atoms with Crippen LogP contribution in [0.2, 0.25) is 0 Å². The highest BCUT2D eigenvalue weighted by Gasteiger charge is 2.24. The third-order valence-electron chi connectivity index (χ3n) is 3.09. The van der Waals surface area contributed by atoms with Crippen molar-refractivity contribution in [2.45, 2.75) is 25.2 Å². The number of allylic oxidation sites excluding steroid dienone is 2. The number of hydrogen-bond acceptors (Lipinski definition) is 0. The molecule has 0 radical (unpaired) electrons. The molecule has 0 heterocycles. The van der Waals surface area contributed by atoms with E-state index in [1.54, 1.807) is 16.7 Å². The maximum atomic E-state index is 2.39. The highest BCUT2D eigenvalue weighted by molar-refractivity contribution is 5.46. The van der Waals surface area contributed by atoms with E-state index in [1.807, 2.05) is 0 Å². The summed E-state index contributed by atoms with van der Waals surface area (Å²) >= 11 is 0. The van der Waals surface area contributed by atoms with Crippen LogP contribution in [0, 0.1) is 0 Å². The molecule has 0 saturated carbocycles. The van der Waals surface area contributed by atoms with E-state index in [0.717, 1.165) is 12.3 Å². The Morgan fingerprint density at radius 3 is 3.08 bits per heavy atom. The van der Waals surface area contributed by atoms with Gasteiger partial charge < -0.3 is 0 Å². The predicted octanol–water partition coefficient (Wildman–Crippen LogP) is 2.83. The molecular weight excluding hydrogens is 144 g/mol. The van der Waals surface area contributed by atoms with Gasteiger partial charge in [0.1, 0.15) is 0 Å². The number of hydrogen-bond donors (Lipinski definition) is 0. The summed E-state index contributed by atoms with van der Waals surface area (Å²) in [6.45, 7) is 0. The molecule has 12 heavy (non-hydrogen) atoms. The highest BCUT2D eigenvalue weighted by Crippen LogP contribution is 2.38. The van der Waals surface area contributed by atoms with Crippen LogP contribution in [0.15, 0.2) is 30.4 Å². The Kier molecular flexibility index (Phi) is 1.20. The summed E-state index contributed by atoms with van der Waals surface area (Å²) in [6.07, 6.45) is 8.49. The molecule has 60 valence electrons. The molecule has 0 spiro atoms. The third-order valence-corrected chi connectivity index (χ3v) is 3.09. The lowest BCUT2D eigenvalue weighted by Gasteiger charge is -2.15. The molecule has 0 nitrogen and oxygen atoms in total. The van der Waals surface area contributed by atoms with E-state index in [0.29, 0.717) is 0 Å². The zero-order valence-electron chi connectivity index (χ0n) is 7.09. The Labute approximate surface area is 72.9 Å². The summed E-state index contributed by atoms with van der Waals surface area (Å²) < 4.78 is 0. The van der Waals surface area contributed by atoms with Crippen LogP contribution in [0.25, 0.3) is 0 Å². The zero-order chi connectivity index (χ0) is 7.97. The van der Waals surface area contributed by atoms with Crippen LogP contribution in [-0.2, 0) is 12.8 Å². The molecule has 0 heteroatoms. The summed E-state index contributed by atoms with van der Waals surface area (Å²) in [5, 5.41) is 0. The second-order valence-corrected chi connectivity index (χ2v) is 3.77. The molecule has 2 aliphatic rings. The van der Waals surface area contributed by atoms with Gasteiger partial charge in [0.2, 0.25) is 0 Å². The van der Waals surface area contributed by atoms with Gasteiger partial charge in [-0.3, -0.25) is 0 Å². The van der Waals surface area contributed by atoms with E-state index in [1.165, 1.54) is 12.8 Å². The van der Waals surface area contributed by atoms with Crippen molar-refractivity contribution in [2.75, 3.05) is 0 Å². The van der Waals surface area contributed by atoms with Gasteiger partial charge in [-0.25, -0.2) is 0 Å². The Morgan fingerprint density at radius 1 is 1.17 bits per heavy atom. The van der Waals surface area contributed by atoms with Gasteiger partial charge in [0.15, 0.2) is 0 Å². The molecule has 1 aromatic rings. The fourth-order valence-electron chi connectivity index (χ4n) is 2.55. The quantitative estimate of drug-likeness (QED) is 0.507. The van der Waals surface area contributed by atoms with Crippen LogP contribution in [0.1, 0.15) is 29.0 Å². The molecule has 0 aliphatic heterocycles. The molecule has 1 atom stereocenters. The second-order valence-electron chi connectivity index (χ2n) is 3.77. The van der Waals surface area contributed by atoms with Crippen LogP contribution in [0.4, 0.5) is 0 Å². The Hall–Kier alpha value is -1.04. The van der Waals surface area contributed by atoms with E-state index < -0.39 is 0 Å². The largest absolute Gasteiger partial charge is 0.0835 e. The second kappa shape index (κ2) is 2.22. The molecule has 0 fully saturated rings. The molecule has 0 saturated heterocycles. The maximum absolute atomic E-state index is 2.39. The van der Waals surface area contributed by atoms with E-state index in [9.17, 15) is 0 Å². The first-order valence-electron chi connectivity index (χ1n) is 4.72. The highest BCUT2D eigenvalue weighted by atomic mass is 14.3. The number of aryl methyl sites for hydroxylation is 1. The van der Waals surface area contributed by atoms with Gasteiger partial charge in [-0.05, 0) is 36.0 Å². The summed E-state index contributed by atoms with van der Waals surface area (Å²) in [4.78, 5) is 0. The average Bonchev–Trinajstić information content (AvgIpc) is 2.52. The minimum Gasteiger partial charge on any atom is -0.0835 e. The molecule has 0 N–H and O–H groups in total. The average molecular weight is 156 g/mol. The Balaban J connectivity index is 2.28. The molecule has 2 aliphatic carbocycles. The Bertz CT molecular complexity index is 347. The van der Waals surface area contributed by atoms with Crippen molar-refractivity contribution in [1.82, 2.24) is 0 Å². The van der Waals surface area contributed by atoms with Gasteiger partial charge in [0.25, 0.3) is 0 Å². The van der Waals surface area contributed by atoms with E-state index in [2.05, 4.69) is 30.4 Å². The van der Waals surface area contributed by atoms with Gasteiger partial charge in [-0.2, -0.15) is 0 Å². The fraction of sp³-hybridized carbons (Fsp3) is 0.333. The lowest BCUT2D eigenvalue weighted by atomic mass is 9.89. The number of benzene rings is 1. The third kappa shape index (κ3) is 0.726. The van der Waals surface area contributed by atoms with Crippen molar-refractivity contribution in [2.24, 2.45) is 0 Å². The molecule has 1 unspecified atom stereocenters. The topological polar surface area (TPSA) is 0 Å². The van der Waals surface area contributed by atoms with Crippen LogP contribution in [0.5, 0.6) is 0 Å². The van der Waals surface area contributed by atoms with E-state index in [-0.39, 0.29) is 0 Å². The molecule has 1 aromatic carbocycles. The SMILES string of the molecule is C1=CC2CCc3cccc(c32)C1. The lowest BCUT2D eigenvalue weighted by Crippen LogP contribution is -2.00. The zero-order valence-corrected chi connectivity index (χ0v) is 7.09. The van der Waals surface area contributed by atoms with Crippen LogP contribution >= 0.6 is 0 Å².